The summed E-state index contributed by atoms with van der Waals surface area (Å²) < 4.78 is 0. The van der Waals surface area contributed by atoms with Gasteiger partial charge in [-0.25, -0.2) is 0 Å². The van der Waals surface area contributed by atoms with Gasteiger partial charge in [0.15, 0.2) is 0 Å². The largest absolute Gasteiger partial charge is 0.322 e. The third-order valence-electron chi connectivity index (χ3n) is 8.11. The van der Waals surface area contributed by atoms with E-state index in [1.54, 1.807) is 4.90 Å². The summed E-state index contributed by atoms with van der Waals surface area (Å²) in [6.45, 7) is 1.48. The molecule has 1 N–H and O–H groups in total. The molecule has 0 aromatic heterocycles. The van der Waals surface area contributed by atoms with Crippen molar-refractivity contribution in [1.82, 2.24) is 15.1 Å². The van der Waals surface area contributed by atoms with Gasteiger partial charge in [-0.3, -0.25) is 24.6 Å². The van der Waals surface area contributed by atoms with Crippen molar-refractivity contribution in [2.24, 2.45) is 0 Å². The fraction of sp³-hybridized carbons (Fsp3) is 0.444. The van der Waals surface area contributed by atoms with Crippen molar-refractivity contribution in [3.63, 3.8) is 0 Å². The van der Waals surface area contributed by atoms with Crippen LogP contribution in [0.1, 0.15) is 71.5 Å². The molecule has 4 aliphatic rings. The lowest BCUT2D eigenvalue weighted by Crippen LogP contribution is -2.52. The topological polar surface area (TPSA) is 69.7 Å². The van der Waals surface area contributed by atoms with E-state index < -0.39 is 6.04 Å². The Hall–Kier alpha value is -2.99. The number of piperidine rings is 2. The van der Waals surface area contributed by atoms with Crippen LogP contribution >= 0.6 is 0 Å². The lowest BCUT2D eigenvalue weighted by molar-refractivity contribution is -0.136. The molecule has 0 spiro atoms. The van der Waals surface area contributed by atoms with Crippen molar-refractivity contribution in [3.05, 3.63) is 70.8 Å². The standard InChI is InChI=1S/C27H29N3O3/c31-25-11-10-24(26(32)28-25)30-16-20-12-18(6-9-23(20)27(30)33)19-13-21-7-8-22(14-19)29(21)15-17-4-2-1-3-5-17/h1-6,9,12,19,21-22,24H,7-8,10-11,13-16H2,(H,28,31,32)/t19-,21-,22+,24-/m1/s1. The van der Waals surface area contributed by atoms with Gasteiger partial charge < -0.3 is 4.90 Å². The average molecular weight is 444 g/mol. The highest BCUT2D eigenvalue weighted by Crippen LogP contribution is 2.44. The van der Waals surface area contributed by atoms with Gasteiger partial charge in [-0.15, -0.1) is 0 Å². The number of carbonyl (C=O) groups excluding carboxylic acids is 3. The fourth-order valence-electron chi connectivity index (χ4n) is 6.45. The lowest BCUT2D eigenvalue weighted by atomic mass is 9.84. The van der Waals surface area contributed by atoms with Gasteiger partial charge >= 0.3 is 0 Å². The fourth-order valence-corrected chi connectivity index (χ4v) is 6.45. The van der Waals surface area contributed by atoms with E-state index in [1.165, 1.54) is 24.0 Å². The molecule has 33 heavy (non-hydrogen) atoms. The van der Waals surface area contributed by atoms with Crippen LogP contribution in [-0.4, -0.2) is 45.6 Å². The molecule has 4 aliphatic heterocycles. The van der Waals surface area contributed by atoms with Crippen molar-refractivity contribution in [3.8, 4) is 0 Å². The van der Waals surface area contributed by atoms with E-state index in [-0.39, 0.29) is 24.1 Å². The first-order chi connectivity index (χ1) is 16.1. The van der Waals surface area contributed by atoms with Gasteiger partial charge in [0.1, 0.15) is 6.04 Å². The second kappa shape index (κ2) is 8.10. The molecule has 2 bridgehead atoms. The van der Waals surface area contributed by atoms with Crippen LogP contribution in [0.4, 0.5) is 0 Å². The van der Waals surface area contributed by atoms with E-state index in [1.807, 2.05) is 6.07 Å². The maximum Gasteiger partial charge on any atom is 0.255 e. The molecule has 0 radical (unpaired) electrons. The quantitative estimate of drug-likeness (QED) is 0.736. The van der Waals surface area contributed by atoms with Gasteiger partial charge in [0.2, 0.25) is 11.8 Å². The summed E-state index contributed by atoms with van der Waals surface area (Å²) in [6, 6.07) is 17.7. The van der Waals surface area contributed by atoms with Crippen LogP contribution in [0.5, 0.6) is 0 Å². The highest BCUT2D eigenvalue weighted by atomic mass is 16.2. The molecule has 0 saturated carbocycles. The van der Waals surface area contributed by atoms with E-state index in [9.17, 15) is 14.4 Å². The van der Waals surface area contributed by atoms with Crippen LogP contribution in [0.25, 0.3) is 0 Å². The van der Waals surface area contributed by atoms with Gasteiger partial charge in [-0.2, -0.15) is 0 Å². The van der Waals surface area contributed by atoms with Gasteiger partial charge in [0, 0.05) is 37.2 Å². The minimum absolute atomic E-state index is 0.0937. The van der Waals surface area contributed by atoms with E-state index in [4.69, 9.17) is 0 Å². The Balaban J connectivity index is 1.17. The molecular weight excluding hydrogens is 414 g/mol. The molecule has 3 amide bonds. The maximum absolute atomic E-state index is 13.0. The van der Waals surface area contributed by atoms with Crippen LogP contribution in [0.15, 0.2) is 48.5 Å². The van der Waals surface area contributed by atoms with E-state index in [0.717, 1.165) is 24.9 Å². The zero-order valence-corrected chi connectivity index (χ0v) is 18.7. The third kappa shape index (κ3) is 3.66. The number of amides is 3. The molecular formula is C27H29N3O3. The Bertz CT molecular complexity index is 1100. The molecule has 6 rings (SSSR count). The first-order valence-corrected chi connectivity index (χ1v) is 12.1. The summed E-state index contributed by atoms with van der Waals surface area (Å²) in [4.78, 5) is 41.1. The highest BCUT2D eigenvalue weighted by Gasteiger charge is 2.42. The lowest BCUT2D eigenvalue weighted by Gasteiger charge is -2.39. The maximum atomic E-state index is 13.0. The van der Waals surface area contributed by atoms with Crippen LogP contribution in [-0.2, 0) is 22.7 Å². The molecule has 6 nitrogen and oxygen atoms in total. The minimum atomic E-state index is -0.553. The molecule has 3 fully saturated rings. The molecule has 6 heteroatoms. The Labute approximate surface area is 193 Å². The van der Waals surface area contributed by atoms with Crippen LogP contribution in [0.3, 0.4) is 0 Å². The SMILES string of the molecule is O=C1CC[C@@H](N2Cc3cc([C@@H]4C[C@H]5CC[C@@H](C4)N5Cc4ccccc4)ccc3C2=O)C(=O)N1. The number of fused-ring (bicyclic) bond motifs is 3. The summed E-state index contributed by atoms with van der Waals surface area (Å²) in [5.74, 6) is -0.186. The second-order valence-corrected chi connectivity index (χ2v) is 10.0. The summed E-state index contributed by atoms with van der Waals surface area (Å²) in [7, 11) is 0. The number of benzene rings is 2. The Morgan fingerprint density at radius 2 is 1.67 bits per heavy atom. The molecule has 170 valence electrons. The van der Waals surface area contributed by atoms with Crippen molar-refractivity contribution < 1.29 is 14.4 Å². The zero-order chi connectivity index (χ0) is 22.5. The van der Waals surface area contributed by atoms with Crippen molar-refractivity contribution in [2.45, 2.75) is 75.7 Å². The smallest absolute Gasteiger partial charge is 0.255 e. The van der Waals surface area contributed by atoms with E-state index >= 15 is 0 Å². The predicted octanol–water partition coefficient (Wildman–Crippen LogP) is 3.36. The molecule has 2 aromatic rings. The Kier molecular flexibility index (Phi) is 5.06. The van der Waals surface area contributed by atoms with Gasteiger partial charge in [-0.05, 0) is 60.8 Å². The van der Waals surface area contributed by atoms with Gasteiger partial charge in [0.25, 0.3) is 5.91 Å². The predicted molar refractivity (Wildman–Crippen MR) is 123 cm³/mol. The normalized spacial score (nSPS) is 29.3. The second-order valence-electron chi connectivity index (χ2n) is 10.0. The molecule has 4 atom stereocenters. The van der Waals surface area contributed by atoms with Crippen LogP contribution < -0.4 is 5.32 Å². The number of imide groups is 1. The summed E-state index contributed by atoms with van der Waals surface area (Å²) in [5.41, 5.74) is 4.43. The van der Waals surface area contributed by atoms with E-state index in [2.05, 4.69) is 52.7 Å². The molecule has 3 saturated heterocycles. The van der Waals surface area contributed by atoms with Crippen molar-refractivity contribution in [2.75, 3.05) is 0 Å². The van der Waals surface area contributed by atoms with Crippen LogP contribution in [0, 0.1) is 0 Å². The van der Waals surface area contributed by atoms with Gasteiger partial charge in [-0.1, -0.05) is 42.5 Å². The molecule has 2 aromatic carbocycles. The number of nitrogens with one attached hydrogen (secondary N) is 1. The average Bonchev–Trinajstić information content (AvgIpc) is 3.24. The number of nitrogens with zero attached hydrogens (tertiary/aromatic N) is 2. The summed E-state index contributed by atoms with van der Waals surface area (Å²) in [6.07, 6.45) is 5.54. The Morgan fingerprint density at radius 1 is 0.909 bits per heavy atom. The number of hydrogen-bond donors (Lipinski definition) is 1. The minimum Gasteiger partial charge on any atom is -0.322 e. The summed E-state index contributed by atoms with van der Waals surface area (Å²) in [5, 5.41) is 2.38. The molecule has 0 unspecified atom stereocenters. The summed E-state index contributed by atoms with van der Waals surface area (Å²) >= 11 is 0. The van der Waals surface area contributed by atoms with Gasteiger partial charge in [0.05, 0.1) is 0 Å². The van der Waals surface area contributed by atoms with Crippen molar-refractivity contribution in [1.29, 1.82) is 0 Å². The zero-order valence-electron chi connectivity index (χ0n) is 18.7. The van der Waals surface area contributed by atoms with Crippen molar-refractivity contribution >= 4 is 17.7 Å². The van der Waals surface area contributed by atoms with Crippen LogP contribution in [0.2, 0.25) is 0 Å². The first kappa shape index (κ1) is 20.6. The third-order valence-corrected chi connectivity index (χ3v) is 8.11. The number of hydrogen-bond acceptors (Lipinski definition) is 4. The molecule has 4 heterocycles. The highest BCUT2D eigenvalue weighted by molar-refractivity contribution is 6.05. The Morgan fingerprint density at radius 3 is 2.39 bits per heavy atom. The monoisotopic (exact) mass is 443 g/mol. The number of carbonyl (C=O) groups is 3. The molecule has 0 aliphatic carbocycles. The first-order valence-electron chi connectivity index (χ1n) is 12.1. The number of rotatable bonds is 4. The van der Waals surface area contributed by atoms with E-state index in [0.29, 0.717) is 36.5 Å².